The number of carbonyl (C=O) groups is 1. The summed E-state index contributed by atoms with van der Waals surface area (Å²) in [6, 6.07) is 11.9. The van der Waals surface area contributed by atoms with Crippen molar-refractivity contribution in [1.29, 1.82) is 0 Å². The first-order valence-electron chi connectivity index (χ1n) is 7.09. The number of carbonyl (C=O) groups excluding carboxylic acids is 1. The zero-order chi connectivity index (χ0) is 15.2. The van der Waals surface area contributed by atoms with Gasteiger partial charge in [0.05, 0.1) is 17.6 Å². The Labute approximate surface area is 130 Å². The normalized spacial score (nSPS) is 10.9. The summed E-state index contributed by atoms with van der Waals surface area (Å²) in [5.41, 5.74) is 2.22. The average molecular weight is 303 g/mol. The smallest absolute Gasteiger partial charge is 0.261 e. The van der Waals surface area contributed by atoms with Crippen LogP contribution in [0.25, 0.3) is 0 Å². The molecule has 0 atom stereocenters. The van der Waals surface area contributed by atoms with Gasteiger partial charge in [-0.1, -0.05) is 24.3 Å². The van der Waals surface area contributed by atoms with Gasteiger partial charge in [-0.05, 0) is 44.0 Å². The molecule has 1 aromatic carbocycles. The molecule has 21 heavy (non-hydrogen) atoms. The maximum Gasteiger partial charge on any atom is 0.261 e. The van der Waals surface area contributed by atoms with Crippen LogP contribution < -0.4 is 5.32 Å². The molecule has 0 fully saturated rings. The minimum atomic E-state index is -0.0207. The van der Waals surface area contributed by atoms with E-state index in [1.54, 1.807) is 0 Å². The lowest BCUT2D eigenvalue weighted by Gasteiger charge is -2.12. The topological polar surface area (TPSA) is 38.3 Å². The molecule has 4 heteroatoms. The highest BCUT2D eigenvalue weighted by Crippen LogP contribution is 2.16. The van der Waals surface area contributed by atoms with E-state index in [0.29, 0.717) is 13.2 Å². The number of aryl methyl sites for hydroxylation is 1. The lowest BCUT2D eigenvalue weighted by Crippen LogP contribution is -2.22. The molecule has 1 amide bonds. The van der Waals surface area contributed by atoms with E-state index < -0.39 is 0 Å². The first-order valence-corrected chi connectivity index (χ1v) is 7.91. The van der Waals surface area contributed by atoms with Crippen LogP contribution >= 0.6 is 11.3 Å². The number of hydrogen-bond acceptors (Lipinski definition) is 3. The van der Waals surface area contributed by atoms with Crippen molar-refractivity contribution in [2.24, 2.45) is 0 Å². The fraction of sp³-hybridized carbons (Fsp3) is 0.353. The Morgan fingerprint density at radius 3 is 2.52 bits per heavy atom. The van der Waals surface area contributed by atoms with Crippen molar-refractivity contribution in [3.8, 4) is 0 Å². The summed E-state index contributed by atoms with van der Waals surface area (Å²) in [5.74, 6) is -0.0207. The minimum absolute atomic E-state index is 0.0207. The number of amides is 1. The quantitative estimate of drug-likeness (QED) is 0.878. The highest BCUT2D eigenvalue weighted by molar-refractivity contribution is 7.13. The molecule has 3 nitrogen and oxygen atoms in total. The van der Waals surface area contributed by atoms with E-state index in [4.69, 9.17) is 4.74 Å². The van der Waals surface area contributed by atoms with Gasteiger partial charge in [-0.3, -0.25) is 4.79 Å². The van der Waals surface area contributed by atoms with Crippen molar-refractivity contribution in [3.05, 3.63) is 57.3 Å². The van der Waals surface area contributed by atoms with Gasteiger partial charge in [-0.15, -0.1) is 11.3 Å². The largest absolute Gasteiger partial charge is 0.374 e. The number of ether oxygens (including phenoxy) is 1. The number of hydrogen-bond donors (Lipinski definition) is 1. The average Bonchev–Trinajstić information content (AvgIpc) is 2.90. The van der Waals surface area contributed by atoms with Crippen LogP contribution in [-0.4, -0.2) is 12.0 Å². The zero-order valence-electron chi connectivity index (χ0n) is 12.7. The number of nitrogens with one attached hydrogen (secondary N) is 1. The van der Waals surface area contributed by atoms with E-state index in [9.17, 15) is 4.79 Å². The summed E-state index contributed by atoms with van der Waals surface area (Å²) in [6.07, 6.45) is 0.196. The molecule has 2 aromatic rings. The molecule has 0 bridgehead atoms. The second-order valence-corrected chi connectivity index (χ2v) is 6.51. The number of thiophene rings is 1. The fourth-order valence-electron chi connectivity index (χ4n) is 1.95. The predicted molar refractivity (Wildman–Crippen MR) is 86.6 cm³/mol. The summed E-state index contributed by atoms with van der Waals surface area (Å²) >= 11 is 1.51. The molecular weight excluding hydrogens is 282 g/mol. The molecule has 1 aromatic heterocycles. The van der Waals surface area contributed by atoms with Crippen LogP contribution in [0, 0.1) is 6.92 Å². The van der Waals surface area contributed by atoms with Gasteiger partial charge in [0.15, 0.2) is 0 Å². The number of benzene rings is 1. The maximum atomic E-state index is 12.1. The highest BCUT2D eigenvalue weighted by atomic mass is 32.1. The van der Waals surface area contributed by atoms with Crippen LogP contribution in [0.4, 0.5) is 0 Å². The van der Waals surface area contributed by atoms with Gasteiger partial charge in [0.25, 0.3) is 5.91 Å². The van der Waals surface area contributed by atoms with Crippen LogP contribution in [0.3, 0.4) is 0 Å². The Morgan fingerprint density at radius 1 is 1.19 bits per heavy atom. The monoisotopic (exact) mass is 303 g/mol. The third kappa shape index (κ3) is 4.69. The Bertz CT molecular complexity index is 604. The second kappa shape index (κ2) is 7.38. The molecule has 0 aliphatic heterocycles. The molecule has 0 aliphatic carbocycles. The summed E-state index contributed by atoms with van der Waals surface area (Å²) < 4.78 is 5.65. The minimum Gasteiger partial charge on any atom is -0.374 e. The molecule has 0 radical (unpaired) electrons. The zero-order valence-corrected chi connectivity index (χ0v) is 13.5. The molecule has 0 unspecified atom stereocenters. The van der Waals surface area contributed by atoms with Crippen molar-refractivity contribution in [1.82, 2.24) is 5.32 Å². The summed E-state index contributed by atoms with van der Waals surface area (Å²) in [5, 5.41) is 2.97. The van der Waals surface area contributed by atoms with Crippen LogP contribution in [0.15, 0.2) is 36.4 Å². The SMILES string of the molecule is Cc1ccc(C(=O)NCc2ccccc2COC(C)C)s1. The molecule has 1 N–H and O–H groups in total. The molecule has 0 saturated carbocycles. The first kappa shape index (κ1) is 15.7. The van der Waals surface area contributed by atoms with Gasteiger partial charge in [0, 0.05) is 11.4 Å². The van der Waals surface area contributed by atoms with E-state index in [2.05, 4.69) is 5.32 Å². The lowest BCUT2D eigenvalue weighted by atomic mass is 10.1. The Balaban J connectivity index is 1.98. The third-order valence-corrected chi connectivity index (χ3v) is 4.09. The van der Waals surface area contributed by atoms with Crippen LogP contribution in [-0.2, 0) is 17.9 Å². The van der Waals surface area contributed by atoms with Crippen molar-refractivity contribution >= 4 is 17.2 Å². The van der Waals surface area contributed by atoms with Gasteiger partial charge in [-0.2, -0.15) is 0 Å². The van der Waals surface area contributed by atoms with E-state index in [-0.39, 0.29) is 12.0 Å². The third-order valence-electron chi connectivity index (χ3n) is 3.09. The molecule has 0 aliphatic rings. The summed E-state index contributed by atoms with van der Waals surface area (Å²) in [4.78, 5) is 14.0. The van der Waals surface area contributed by atoms with Crippen LogP contribution in [0.1, 0.15) is 39.5 Å². The van der Waals surface area contributed by atoms with Gasteiger partial charge in [-0.25, -0.2) is 0 Å². The van der Waals surface area contributed by atoms with Crippen LogP contribution in [0.2, 0.25) is 0 Å². The molecular formula is C17H21NO2S. The van der Waals surface area contributed by atoms with E-state index >= 15 is 0 Å². The molecule has 112 valence electrons. The van der Waals surface area contributed by atoms with Crippen molar-refractivity contribution < 1.29 is 9.53 Å². The Hall–Kier alpha value is -1.65. The predicted octanol–water partition coefficient (Wildman–Crippen LogP) is 3.91. The van der Waals surface area contributed by atoms with Crippen molar-refractivity contribution in [3.63, 3.8) is 0 Å². The van der Waals surface area contributed by atoms with E-state index in [1.807, 2.05) is 57.2 Å². The molecule has 0 spiro atoms. The fourth-order valence-corrected chi connectivity index (χ4v) is 2.73. The van der Waals surface area contributed by atoms with Gasteiger partial charge >= 0.3 is 0 Å². The Kier molecular flexibility index (Phi) is 5.53. The second-order valence-electron chi connectivity index (χ2n) is 5.22. The molecule has 2 rings (SSSR count). The van der Waals surface area contributed by atoms with E-state index in [1.165, 1.54) is 11.3 Å². The molecule has 0 saturated heterocycles. The Morgan fingerprint density at radius 2 is 1.90 bits per heavy atom. The van der Waals surface area contributed by atoms with Gasteiger partial charge in [0.1, 0.15) is 0 Å². The summed E-state index contributed by atoms with van der Waals surface area (Å²) in [7, 11) is 0. The highest BCUT2D eigenvalue weighted by Gasteiger charge is 2.09. The number of rotatable bonds is 6. The molecule has 1 heterocycles. The maximum absolute atomic E-state index is 12.1. The van der Waals surface area contributed by atoms with Crippen molar-refractivity contribution in [2.75, 3.05) is 0 Å². The lowest BCUT2D eigenvalue weighted by molar-refractivity contribution is 0.0651. The van der Waals surface area contributed by atoms with Gasteiger partial charge in [0.2, 0.25) is 0 Å². The van der Waals surface area contributed by atoms with Gasteiger partial charge < -0.3 is 10.1 Å². The van der Waals surface area contributed by atoms with Crippen molar-refractivity contribution in [2.45, 2.75) is 40.0 Å². The first-order chi connectivity index (χ1) is 10.1. The van der Waals surface area contributed by atoms with Crippen LogP contribution in [0.5, 0.6) is 0 Å². The standard InChI is InChI=1S/C17H21NO2S/c1-12(2)20-11-15-7-5-4-6-14(15)10-18-17(19)16-9-8-13(3)21-16/h4-9,12H,10-11H2,1-3H3,(H,18,19). The van der Waals surface area contributed by atoms with E-state index in [0.717, 1.165) is 20.9 Å². The summed E-state index contributed by atoms with van der Waals surface area (Å²) in [6.45, 7) is 7.13.